The zero-order chi connectivity index (χ0) is 15.2. The largest absolute Gasteiger partial charge is 0.494 e. The van der Waals surface area contributed by atoms with Crippen molar-refractivity contribution in [3.05, 3.63) is 42.1 Å². The molecule has 0 saturated carbocycles. The first-order chi connectivity index (χ1) is 10.1. The maximum absolute atomic E-state index is 12.1. The standard InChI is InChI=1S/C15H20N4O2/c1-3-21-13-6-4-12(5-7-13)10-18(2)15(20)11-19-9-8-14(16)17-19/h4-9H,3,10-11H2,1-2H3,(H2,16,17). The molecule has 0 aliphatic rings. The van der Waals surface area contributed by atoms with Gasteiger partial charge < -0.3 is 15.4 Å². The van der Waals surface area contributed by atoms with Gasteiger partial charge in [-0.2, -0.15) is 5.10 Å². The average molecular weight is 288 g/mol. The van der Waals surface area contributed by atoms with Crippen LogP contribution in [0.1, 0.15) is 12.5 Å². The summed E-state index contributed by atoms with van der Waals surface area (Å²) in [6.45, 7) is 3.32. The topological polar surface area (TPSA) is 73.4 Å². The fraction of sp³-hybridized carbons (Fsp3) is 0.333. The van der Waals surface area contributed by atoms with Crippen LogP contribution in [0.25, 0.3) is 0 Å². The third-order valence-electron chi connectivity index (χ3n) is 3.04. The number of nitrogens with two attached hydrogens (primary N) is 1. The van der Waals surface area contributed by atoms with Gasteiger partial charge in [0.05, 0.1) is 6.61 Å². The van der Waals surface area contributed by atoms with Crippen LogP contribution in [-0.2, 0) is 17.9 Å². The molecule has 0 radical (unpaired) electrons. The first-order valence-electron chi connectivity index (χ1n) is 6.83. The Morgan fingerprint density at radius 1 is 1.33 bits per heavy atom. The van der Waals surface area contributed by atoms with Gasteiger partial charge in [0.15, 0.2) is 0 Å². The summed E-state index contributed by atoms with van der Waals surface area (Å²) in [6.07, 6.45) is 1.69. The van der Waals surface area contributed by atoms with E-state index in [1.807, 2.05) is 31.2 Å². The molecule has 1 aromatic heterocycles. The number of rotatable bonds is 6. The molecular weight excluding hydrogens is 268 g/mol. The lowest BCUT2D eigenvalue weighted by molar-refractivity contribution is -0.131. The molecule has 0 aliphatic heterocycles. The van der Waals surface area contributed by atoms with Gasteiger partial charge in [0.1, 0.15) is 18.1 Å². The Kier molecular flexibility index (Phi) is 4.81. The number of ether oxygens (including phenoxy) is 1. The van der Waals surface area contributed by atoms with E-state index >= 15 is 0 Å². The van der Waals surface area contributed by atoms with Crippen molar-refractivity contribution in [1.29, 1.82) is 0 Å². The number of likely N-dealkylation sites (N-methyl/N-ethyl adjacent to an activating group) is 1. The third-order valence-corrected chi connectivity index (χ3v) is 3.04. The molecule has 6 heteroatoms. The zero-order valence-electron chi connectivity index (χ0n) is 12.3. The summed E-state index contributed by atoms with van der Waals surface area (Å²) in [7, 11) is 1.77. The van der Waals surface area contributed by atoms with E-state index in [9.17, 15) is 4.79 Å². The van der Waals surface area contributed by atoms with Crippen LogP contribution in [0, 0.1) is 0 Å². The summed E-state index contributed by atoms with van der Waals surface area (Å²) in [4.78, 5) is 13.8. The molecule has 2 aromatic rings. The van der Waals surface area contributed by atoms with Crippen molar-refractivity contribution in [2.24, 2.45) is 0 Å². The maximum atomic E-state index is 12.1. The molecule has 0 bridgehead atoms. The molecule has 0 atom stereocenters. The number of benzene rings is 1. The van der Waals surface area contributed by atoms with Gasteiger partial charge in [-0.25, -0.2) is 0 Å². The quantitative estimate of drug-likeness (QED) is 0.874. The fourth-order valence-electron chi connectivity index (χ4n) is 1.94. The third kappa shape index (κ3) is 4.24. The van der Waals surface area contributed by atoms with E-state index in [-0.39, 0.29) is 12.5 Å². The second-order valence-electron chi connectivity index (χ2n) is 4.76. The van der Waals surface area contributed by atoms with Crippen molar-refractivity contribution < 1.29 is 9.53 Å². The highest BCUT2D eigenvalue weighted by Crippen LogP contribution is 2.13. The van der Waals surface area contributed by atoms with Crippen LogP contribution in [0.4, 0.5) is 5.82 Å². The van der Waals surface area contributed by atoms with Crippen LogP contribution in [0.3, 0.4) is 0 Å². The molecule has 112 valence electrons. The highest BCUT2D eigenvalue weighted by atomic mass is 16.5. The Morgan fingerprint density at radius 3 is 2.62 bits per heavy atom. The normalized spacial score (nSPS) is 10.4. The molecule has 1 heterocycles. The van der Waals surface area contributed by atoms with Crippen molar-refractivity contribution in [2.45, 2.75) is 20.0 Å². The number of nitrogen functional groups attached to an aromatic ring is 1. The number of carbonyl (C=O) groups is 1. The Bertz CT molecular complexity index is 592. The lowest BCUT2D eigenvalue weighted by Gasteiger charge is -2.17. The monoisotopic (exact) mass is 288 g/mol. The molecule has 0 spiro atoms. The molecule has 0 fully saturated rings. The van der Waals surface area contributed by atoms with E-state index in [4.69, 9.17) is 10.5 Å². The van der Waals surface area contributed by atoms with Gasteiger partial charge in [-0.15, -0.1) is 0 Å². The van der Waals surface area contributed by atoms with E-state index in [2.05, 4.69) is 5.10 Å². The Morgan fingerprint density at radius 2 is 2.05 bits per heavy atom. The van der Waals surface area contributed by atoms with Crippen molar-refractivity contribution in [2.75, 3.05) is 19.4 Å². The predicted molar refractivity (Wildman–Crippen MR) is 80.7 cm³/mol. The summed E-state index contributed by atoms with van der Waals surface area (Å²) >= 11 is 0. The lowest BCUT2D eigenvalue weighted by atomic mass is 10.2. The molecule has 21 heavy (non-hydrogen) atoms. The molecule has 2 rings (SSSR count). The number of hydrogen-bond acceptors (Lipinski definition) is 4. The first kappa shape index (κ1) is 14.9. The summed E-state index contributed by atoms with van der Waals surface area (Å²) < 4.78 is 6.92. The van der Waals surface area contributed by atoms with Crippen LogP contribution in [-0.4, -0.2) is 34.2 Å². The maximum Gasteiger partial charge on any atom is 0.244 e. The number of anilines is 1. The van der Waals surface area contributed by atoms with Crippen LogP contribution in [0.2, 0.25) is 0 Å². The molecule has 0 saturated heterocycles. The van der Waals surface area contributed by atoms with Gasteiger partial charge in [0.25, 0.3) is 0 Å². The van der Waals surface area contributed by atoms with Crippen molar-refractivity contribution in [3.8, 4) is 5.75 Å². The zero-order valence-corrected chi connectivity index (χ0v) is 12.3. The van der Waals surface area contributed by atoms with Gasteiger partial charge >= 0.3 is 0 Å². The number of hydrogen-bond donors (Lipinski definition) is 1. The van der Waals surface area contributed by atoms with Crippen molar-refractivity contribution in [1.82, 2.24) is 14.7 Å². The highest BCUT2D eigenvalue weighted by molar-refractivity contribution is 5.75. The Balaban J connectivity index is 1.90. The van der Waals surface area contributed by atoms with Gasteiger partial charge in [0, 0.05) is 19.8 Å². The van der Waals surface area contributed by atoms with Crippen LogP contribution in [0.15, 0.2) is 36.5 Å². The van der Waals surface area contributed by atoms with Gasteiger partial charge in [-0.3, -0.25) is 9.48 Å². The first-order valence-corrected chi connectivity index (χ1v) is 6.83. The van der Waals surface area contributed by atoms with Gasteiger partial charge in [-0.05, 0) is 30.7 Å². The summed E-state index contributed by atoms with van der Waals surface area (Å²) in [6, 6.07) is 9.40. The van der Waals surface area contributed by atoms with Gasteiger partial charge in [0.2, 0.25) is 5.91 Å². The smallest absolute Gasteiger partial charge is 0.244 e. The minimum absolute atomic E-state index is 0.0213. The minimum atomic E-state index is -0.0213. The van der Waals surface area contributed by atoms with Crippen molar-refractivity contribution in [3.63, 3.8) is 0 Å². The molecular formula is C15H20N4O2. The lowest BCUT2D eigenvalue weighted by Crippen LogP contribution is -2.29. The van der Waals surface area contributed by atoms with Crippen LogP contribution < -0.4 is 10.5 Å². The van der Waals surface area contributed by atoms with Crippen molar-refractivity contribution >= 4 is 11.7 Å². The SMILES string of the molecule is CCOc1ccc(CN(C)C(=O)Cn2ccc(N)n2)cc1. The molecule has 2 N–H and O–H groups in total. The molecule has 1 amide bonds. The average Bonchev–Trinajstić information content (AvgIpc) is 2.86. The molecule has 0 aliphatic carbocycles. The number of aromatic nitrogens is 2. The molecule has 0 unspecified atom stereocenters. The van der Waals surface area contributed by atoms with Crippen LogP contribution >= 0.6 is 0 Å². The number of amides is 1. The van der Waals surface area contributed by atoms with Gasteiger partial charge in [-0.1, -0.05) is 12.1 Å². The fourth-order valence-corrected chi connectivity index (χ4v) is 1.94. The van der Waals surface area contributed by atoms with E-state index in [1.165, 1.54) is 4.68 Å². The Labute approximate surface area is 124 Å². The second-order valence-corrected chi connectivity index (χ2v) is 4.76. The van der Waals surface area contributed by atoms with Crippen LogP contribution in [0.5, 0.6) is 5.75 Å². The minimum Gasteiger partial charge on any atom is -0.494 e. The van der Waals surface area contributed by atoms with E-state index in [1.54, 1.807) is 24.2 Å². The summed E-state index contributed by atoms with van der Waals surface area (Å²) in [5.41, 5.74) is 6.57. The van der Waals surface area contributed by atoms with E-state index in [0.717, 1.165) is 11.3 Å². The predicted octanol–water partition coefficient (Wildman–Crippen LogP) is 1.52. The molecule has 6 nitrogen and oxygen atoms in total. The highest BCUT2D eigenvalue weighted by Gasteiger charge is 2.10. The number of carbonyl (C=O) groups excluding carboxylic acids is 1. The second kappa shape index (κ2) is 6.78. The number of nitrogens with zero attached hydrogens (tertiary/aromatic N) is 3. The van der Waals surface area contributed by atoms with E-state index < -0.39 is 0 Å². The van der Waals surface area contributed by atoms with E-state index in [0.29, 0.717) is 19.0 Å². The Hall–Kier alpha value is -2.50. The molecule has 1 aromatic carbocycles. The summed E-state index contributed by atoms with van der Waals surface area (Å²) in [5.74, 6) is 1.23. The summed E-state index contributed by atoms with van der Waals surface area (Å²) in [5, 5.41) is 4.00.